The second-order valence-corrected chi connectivity index (χ2v) is 10.6. The van der Waals surface area contributed by atoms with Crippen LogP contribution < -0.4 is 4.72 Å². The van der Waals surface area contributed by atoms with Crippen LogP contribution in [0.3, 0.4) is 0 Å². The van der Waals surface area contributed by atoms with E-state index in [9.17, 15) is 13.2 Å². The van der Waals surface area contributed by atoms with E-state index in [0.717, 1.165) is 10.4 Å². The molecule has 1 fully saturated rings. The lowest BCUT2D eigenvalue weighted by molar-refractivity contribution is 0.0716. The van der Waals surface area contributed by atoms with Gasteiger partial charge in [-0.1, -0.05) is 39.0 Å². The minimum absolute atomic E-state index is 0.0162. The van der Waals surface area contributed by atoms with E-state index in [1.807, 2.05) is 29.6 Å². The summed E-state index contributed by atoms with van der Waals surface area (Å²) < 4.78 is 28.1. The summed E-state index contributed by atoms with van der Waals surface area (Å²) in [6.45, 7) is 7.42. The molecule has 0 unspecified atom stereocenters. The Balaban J connectivity index is 1.60. The lowest BCUT2D eigenvalue weighted by atomic mass is 9.87. The largest absolute Gasteiger partial charge is 0.338 e. The van der Waals surface area contributed by atoms with Gasteiger partial charge in [0.25, 0.3) is 5.91 Å². The summed E-state index contributed by atoms with van der Waals surface area (Å²) >= 11 is 1.43. The Morgan fingerprint density at radius 2 is 1.74 bits per heavy atom. The second kappa shape index (κ2) is 7.73. The Morgan fingerprint density at radius 1 is 1.11 bits per heavy atom. The average molecular weight is 407 g/mol. The van der Waals surface area contributed by atoms with Gasteiger partial charge in [0.1, 0.15) is 0 Å². The number of carbonyl (C=O) groups is 1. The van der Waals surface area contributed by atoms with Crippen molar-refractivity contribution in [3.63, 3.8) is 0 Å². The fourth-order valence-electron chi connectivity index (χ4n) is 3.18. The second-order valence-electron chi connectivity index (χ2n) is 7.94. The molecule has 0 radical (unpaired) electrons. The molecular formula is C20H26N2O3S2. The Labute approximate surface area is 165 Å². The molecule has 0 bridgehead atoms. The fraction of sp³-hybridized carbons (Fsp3) is 0.450. The first-order valence-corrected chi connectivity index (χ1v) is 11.5. The Kier molecular flexibility index (Phi) is 5.74. The van der Waals surface area contributed by atoms with E-state index in [1.165, 1.54) is 11.3 Å². The summed E-state index contributed by atoms with van der Waals surface area (Å²) in [6.07, 6.45) is 1.24. The van der Waals surface area contributed by atoms with E-state index in [4.69, 9.17) is 0 Å². The molecule has 0 atom stereocenters. The van der Waals surface area contributed by atoms with Crippen molar-refractivity contribution in [1.82, 2.24) is 9.62 Å². The third-order valence-corrected chi connectivity index (χ3v) is 7.26. The van der Waals surface area contributed by atoms with Crippen LogP contribution in [0.2, 0.25) is 0 Å². The zero-order chi connectivity index (χ0) is 19.7. The van der Waals surface area contributed by atoms with Crippen molar-refractivity contribution in [3.05, 3.63) is 52.2 Å². The topological polar surface area (TPSA) is 66.5 Å². The molecule has 0 spiro atoms. The highest BCUT2D eigenvalue weighted by molar-refractivity contribution is 7.89. The van der Waals surface area contributed by atoms with Gasteiger partial charge in [0.15, 0.2) is 0 Å². The molecule has 7 heteroatoms. The number of likely N-dealkylation sites (tertiary alicyclic amines) is 1. The van der Waals surface area contributed by atoms with E-state index >= 15 is 0 Å². The Morgan fingerprint density at radius 3 is 2.26 bits per heavy atom. The number of sulfonamides is 1. The monoisotopic (exact) mass is 406 g/mol. The van der Waals surface area contributed by atoms with Crippen molar-refractivity contribution in [2.24, 2.45) is 0 Å². The van der Waals surface area contributed by atoms with Gasteiger partial charge >= 0.3 is 0 Å². The fourth-order valence-corrected chi connectivity index (χ4v) is 5.17. The van der Waals surface area contributed by atoms with Gasteiger partial charge in [-0.3, -0.25) is 4.79 Å². The van der Waals surface area contributed by atoms with Crippen molar-refractivity contribution in [3.8, 4) is 0 Å². The number of benzene rings is 1. The molecule has 3 rings (SSSR count). The van der Waals surface area contributed by atoms with Gasteiger partial charge in [-0.15, -0.1) is 11.3 Å². The first kappa shape index (κ1) is 20.0. The van der Waals surface area contributed by atoms with Crippen molar-refractivity contribution >= 4 is 27.3 Å². The van der Waals surface area contributed by atoms with Gasteiger partial charge in [0, 0.05) is 19.1 Å². The van der Waals surface area contributed by atoms with Crippen molar-refractivity contribution in [2.45, 2.75) is 50.0 Å². The van der Waals surface area contributed by atoms with Gasteiger partial charge in [-0.05, 0) is 47.4 Å². The number of nitrogens with one attached hydrogen (secondary N) is 1. The summed E-state index contributed by atoms with van der Waals surface area (Å²) in [5.74, 6) is 0.0316. The van der Waals surface area contributed by atoms with Crippen LogP contribution in [0.5, 0.6) is 0 Å². The van der Waals surface area contributed by atoms with E-state index in [1.54, 1.807) is 17.0 Å². The van der Waals surface area contributed by atoms with E-state index in [2.05, 4.69) is 25.5 Å². The molecule has 2 aromatic rings. The highest BCUT2D eigenvalue weighted by Gasteiger charge is 2.27. The van der Waals surface area contributed by atoms with E-state index in [-0.39, 0.29) is 22.3 Å². The van der Waals surface area contributed by atoms with Gasteiger partial charge < -0.3 is 4.90 Å². The summed E-state index contributed by atoms with van der Waals surface area (Å²) in [5.41, 5.74) is 1.08. The number of thiophene rings is 1. The lowest BCUT2D eigenvalue weighted by Crippen LogP contribution is -2.46. The third-order valence-electron chi connectivity index (χ3n) is 4.87. The van der Waals surface area contributed by atoms with Crippen LogP contribution in [-0.4, -0.2) is 38.4 Å². The summed E-state index contributed by atoms with van der Waals surface area (Å²) in [7, 11) is -3.55. The maximum Gasteiger partial charge on any atom is 0.263 e. The van der Waals surface area contributed by atoms with Crippen molar-refractivity contribution < 1.29 is 13.2 Å². The van der Waals surface area contributed by atoms with Gasteiger partial charge in [0.2, 0.25) is 10.0 Å². The molecule has 0 aliphatic carbocycles. The molecule has 1 aromatic heterocycles. The molecule has 1 amide bonds. The van der Waals surface area contributed by atoms with Crippen LogP contribution in [0, 0.1) is 0 Å². The third kappa shape index (κ3) is 4.78. The van der Waals surface area contributed by atoms with Crippen LogP contribution in [0.1, 0.15) is 48.8 Å². The number of nitrogens with zero attached hydrogens (tertiary/aromatic N) is 1. The zero-order valence-corrected chi connectivity index (χ0v) is 17.6. The molecule has 27 heavy (non-hydrogen) atoms. The molecule has 2 heterocycles. The zero-order valence-electron chi connectivity index (χ0n) is 15.9. The van der Waals surface area contributed by atoms with Crippen LogP contribution >= 0.6 is 11.3 Å². The molecular weight excluding hydrogens is 380 g/mol. The van der Waals surface area contributed by atoms with Crippen LogP contribution in [0.4, 0.5) is 0 Å². The molecule has 1 aliphatic heterocycles. The number of hydrogen-bond donors (Lipinski definition) is 1. The summed E-state index contributed by atoms with van der Waals surface area (Å²) in [5, 5.41) is 1.89. The first-order valence-electron chi connectivity index (χ1n) is 9.12. The van der Waals surface area contributed by atoms with Crippen molar-refractivity contribution in [1.29, 1.82) is 0 Å². The first-order chi connectivity index (χ1) is 12.7. The quantitative estimate of drug-likeness (QED) is 0.843. The molecule has 1 aromatic carbocycles. The Hall–Kier alpha value is -1.70. The molecule has 5 nitrogen and oxygen atoms in total. The average Bonchev–Trinajstić information content (AvgIpc) is 3.15. The van der Waals surface area contributed by atoms with Gasteiger partial charge in [-0.2, -0.15) is 0 Å². The van der Waals surface area contributed by atoms with Crippen LogP contribution in [0.15, 0.2) is 46.7 Å². The van der Waals surface area contributed by atoms with Gasteiger partial charge in [0.05, 0.1) is 9.77 Å². The number of amides is 1. The maximum absolute atomic E-state index is 12.7. The minimum Gasteiger partial charge on any atom is -0.338 e. The smallest absolute Gasteiger partial charge is 0.263 e. The number of piperidine rings is 1. The van der Waals surface area contributed by atoms with Crippen LogP contribution in [0.25, 0.3) is 0 Å². The molecule has 1 aliphatic rings. The molecule has 0 saturated carbocycles. The summed E-state index contributed by atoms with van der Waals surface area (Å²) in [6, 6.07) is 10.6. The highest BCUT2D eigenvalue weighted by Crippen LogP contribution is 2.24. The SMILES string of the molecule is CC(C)(C)c1ccc(S(=O)(=O)NC2CCN(C(=O)c3cccs3)CC2)cc1. The molecule has 146 valence electrons. The molecule has 1 saturated heterocycles. The number of hydrogen-bond acceptors (Lipinski definition) is 4. The van der Waals surface area contributed by atoms with Gasteiger partial charge in [-0.25, -0.2) is 13.1 Å². The Bertz CT molecular complexity index is 874. The predicted molar refractivity (Wildman–Crippen MR) is 109 cm³/mol. The van der Waals surface area contributed by atoms with E-state index in [0.29, 0.717) is 25.9 Å². The van der Waals surface area contributed by atoms with Crippen molar-refractivity contribution in [2.75, 3.05) is 13.1 Å². The standard InChI is InChI=1S/C20H26N2O3S2/c1-20(2,3)15-6-8-17(9-7-15)27(24,25)21-16-10-12-22(13-11-16)19(23)18-5-4-14-26-18/h4-9,14,16,21H,10-13H2,1-3H3. The minimum atomic E-state index is -3.55. The normalized spacial score (nSPS) is 16.5. The maximum atomic E-state index is 12.7. The van der Waals surface area contributed by atoms with Crippen LogP contribution in [-0.2, 0) is 15.4 Å². The lowest BCUT2D eigenvalue weighted by Gasteiger charge is -2.32. The predicted octanol–water partition coefficient (Wildman–Crippen LogP) is 3.63. The number of rotatable bonds is 4. The highest BCUT2D eigenvalue weighted by atomic mass is 32.2. The molecule has 1 N–H and O–H groups in total. The summed E-state index contributed by atoms with van der Waals surface area (Å²) in [4.78, 5) is 15.2. The van der Waals surface area contributed by atoms with E-state index < -0.39 is 10.0 Å². The number of carbonyl (C=O) groups excluding carboxylic acids is 1.